The van der Waals surface area contributed by atoms with Crippen LogP contribution in [0.3, 0.4) is 0 Å². The maximum absolute atomic E-state index is 11.3. The first kappa shape index (κ1) is 5.70. The molecule has 0 N–H and O–H groups in total. The van der Waals surface area contributed by atoms with Gasteiger partial charge < -0.3 is 0 Å². The molecule has 1 radical (unpaired) electrons. The lowest BCUT2D eigenvalue weighted by Crippen LogP contribution is -1.89. The number of hydrogen-bond donors (Lipinski definition) is 0. The zero-order valence-electron chi connectivity index (χ0n) is 2.34. The van der Waals surface area contributed by atoms with Gasteiger partial charge in [-0.15, -0.1) is 0 Å². The van der Waals surface area contributed by atoms with Gasteiger partial charge in [-0.2, -0.15) is 0 Å². The Morgan fingerprint density at radius 1 is 2.00 bits per heavy atom. The van der Waals surface area contributed by atoms with Gasteiger partial charge in [0, 0.05) is 6.92 Å². The average molecular weight is 160 g/mol. The third kappa shape index (κ3) is 69.9. The predicted octanol–water partition coefficient (Wildman–Crippen LogP) is 2.08. The molecule has 0 aromatic rings. The molecule has 0 heterocycles. The molecule has 0 aliphatic carbocycles. The van der Waals surface area contributed by atoms with Gasteiger partial charge >= 0.3 is 0 Å². The van der Waals surface area contributed by atoms with E-state index < -0.39 is 4.04 Å². The van der Waals surface area contributed by atoms with Crippen molar-refractivity contribution in [3.05, 3.63) is 6.92 Å². The second kappa shape index (κ2) is 1.43. The molecule has 1 unspecified atom stereocenters. The van der Waals surface area contributed by atoms with Crippen molar-refractivity contribution in [2.45, 2.75) is 4.04 Å². The van der Waals surface area contributed by atoms with E-state index in [1.165, 1.54) is 0 Å². The molecule has 0 aliphatic rings. The molecule has 0 nitrogen and oxygen atoms in total. The van der Waals surface area contributed by atoms with Gasteiger partial charge in [0.2, 0.25) is 4.04 Å². The number of alkyl halides is 3. The van der Waals surface area contributed by atoms with Gasteiger partial charge in [-0.3, -0.25) is 0 Å². The van der Waals surface area contributed by atoms with Crippen molar-refractivity contribution in [1.29, 1.82) is 0 Å². The summed E-state index contributed by atoms with van der Waals surface area (Å²) in [4.78, 5) is 0. The Morgan fingerprint density at radius 2 is 2.00 bits per heavy atom. The Morgan fingerprint density at radius 3 is 2.00 bits per heavy atom. The van der Waals surface area contributed by atoms with E-state index in [4.69, 9.17) is 0 Å². The van der Waals surface area contributed by atoms with E-state index in [2.05, 4.69) is 34.5 Å². The molecule has 0 aromatic heterocycles. The molecule has 0 rings (SSSR count). The summed E-state index contributed by atoms with van der Waals surface area (Å²) in [6.45, 7) is 2.79. The quantitative estimate of drug-likeness (QED) is 0.476. The lowest BCUT2D eigenvalue weighted by atomic mass is 10.9. The van der Waals surface area contributed by atoms with Crippen molar-refractivity contribution in [2.24, 2.45) is 0 Å². The van der Waals surface area contributed by atoms with Crippen LogP contribution in [-0.2, 0) is 0 Å². The molecule has 5 heavy (non-hydrogen) atoms. The molecule has 0 bridgehead atoms. The molecule has 0 spiro atoms. The molecule has 1 atom stereocenters. The SMILES string of the molecule is [CH2]C(F)(Cl)Br. The molecule has 3 heteroatoms. The van der Waals surface area contributed by atoms with Gasteiger partial charge in [0.05, 0.1) is 0 Å². The maximum atomic E-state index is 11.3. The van der Waals surface area contributed by atoms with Gasteiger partial charge in [-0.25, -0.2) is 4.39 Å². The van der Waals surface area contributed by atoms with E-state index in [1.54, 1.807) is 0 Å². The van der Waals surface area contributed by atoms with E-state index in [-0.39, 0.29) is 0 Å². The Balaban J connectivity index is 3.02. The number of rotatable bonds is 0. The summed E-state index contributed by atoms with van der Waals surface area (Å²) in [6, 6.07) is 0. The summed E-state index contributed by atoms with van der Waals surface area (Å²) < 4.78 is 9.29. The van der Waals surface area contributed by atoms with E-state index in [0.29, 0.717) is 0 Å². The highest BCUT2D eigenvalue weighted by molar-refractivity contribution is 9.10. The highest BCUT2D eigenvalue weighted by atomic mass is 79.9. The maximum Gasteiger partial charge on any atom is 0.237 e. The first-order valence-corrected chi connectivity index (χ1v) is 2.09. The first-order valence-electron chi connectivity index (χ1n) is 0.921. The van der Waals surface area contributed by atoms with Gasteiger partial charge in [-0.05, 0) is 15.9 Å². The Bertz CT molecular complexity index is 25.1. The smallest absolute Gasteiger partial charge is 0.213 e. The monoisotopic (exact) mass is 159 g/mol. The van der Waals surface area contributed by atoms with E-state index in [1.807, 2.05) is 0 Å². The van der Waals surface area contributed by atoms with Crippen LogP contribution in [0.1, 0.15) is 0 Å². The van der Waals surface area contributed by atoms with Crippen LogP contribution >= 0.6 is 27.5 Å². The van der Waals surface area contributed by atoms with Crippen LogP contribution in [0.2, 0.25) is 0 Å². The minimum atomic E-state index is -1.97. The molecule has 0 fully saturated rings. The summed E-state index contributed by atoms with van der Waals surface area (Å²) in [6.07, 6.45) is 0. The minimum Gasteiger partial charge on any atom is -0.213 e. The summed E-state index contributed by atoms with van der Waals surface area (Å²) in [5, 5.41) is 0. The fraction of sp³-hybridized carbons (Fsp3) is 0.500. The van der Waals surface area contributed by atoms with Crippen molar-refractivity contribution in [1.82, 2.24) is 0 Å². The van der Waals surface area contributed by atoms with Crippen molar-refractivity contribution in [2.75, 3.05) is 0 Å². The largest absolute Gasteiger partial charge is 0.237 e. The lowest BCUT2D eigenvalue weighted by Gasteiger charge is -1.93. The molecule has 31 valence electrons. The van der Waals surface area contributed by atoms with Crippen LogP contribution in [0.25, 0.3) is 0 Å². The third-order valence-corrected chi connectivity index (χ3v) is 0. The zero-order chi connectivity index (χ0) is 4.50. The van der Waals surface area contributed by atoms with Crippen molar-refractivity contribution in [3.8, 4) is 0 Å². The Kier molecular flexibility index (Phi) is 1.63. The topological polar surface area (TPSA) is 0 Å². The second-order valence-electron chi connectivity index (χ2n) is 0.615. The van der Waals surface area contributed by atoms with Gasteiger partial charge in [0.15, 0.2) is 0 Å². The summed E-state index contributed by atoms with van der Waals surface area (Å²) in [5.74, 6) is 0. The van der Waals surface area contributed by atoms with Crippen LogP contribution in [0.15, 0.2) is 0 Å². The van der Waals surface area contributed by atoms with E-state index in [0.717, 1.165) is 0 Å². The van der Waals surface area contributed by atoms with Crippen molar-refractivity contribution in [3.63, 3.8) is 0 Å². The highest BCUT2D eigenvalue weighted by Crippen LogP contribution is 2.21. The van der Waals surface area contributed by atoms with Crippen LogP contribution in [0, 0.1) is 6.92 Å². The number of halogens is 3. The average Bonchev–Trinajstić information content (AvgIpc) is 0.722. The van der Waals surface area contributed by atoms with Crippen molar-refractivity contribution >= 4 is 27.5 Å². The highest BCUT2D eigenvalue weighted by Gasteiger charge is 2.09. The molecule has 0 saturated heterocycles. The van der Waals surface area contributed by atoms with Crippen molar-refractivity contribution < 1.29 is 4.39 Å². The molecule has 0 amide bonds. The zero-order valence-corrected chi connectivity index (χ0v) is 4.68. The van der Waals surface area contributed by atoms with E-state index >= 15 is 0 Å². The molecule has 0 aromatic carbocycles. The predicted molar refractivity (Wildman–Crippen MR) is 24.0 cm³/mol. The summed E-state index contributed by atoms with van der Waals surface area (Å²) in [5.41, 5.74) is 0. The first-order chi connectivity index (χ1) is 2.00. The van der Waals surface area contributed by atoms with Gasteiger partial charge in [0.1, 0.15) is 0 Å². The molecule has 0 saturated carbocycles. The third-order valence-electron chi connectivity index (χ3n) is 0. The second-order valence-corrected chi connectivity index (χ2v) is 2.93. The molecule has 0 aliphatic heterocycles. The van der Waals surface area contributed by atoms with Crippen LogP contribution < -0.4 is 0 Å². The van der Waals surface area contributed by atoms with Gasteiger partial charge in [-0.1, -0.05) is 11.6 Å². The normalized spacial score (nSPS) is 21.6. The Hall–Kier alpha value is 0.700. The lowest BCUT2D eigenvalue weighted by molar-refractivity contribution is 0.479. The number of hydrogen-bond acceptors (Lipinski definition) is 0. The minimum absolute atomic E-state index is 1.97. The van der Waals surface area contributed by atoms with Crippen LogP contribution in [0.5, 0.6) is 0 Å². The molecular formula is C2H2BrClF. The Labute approximate surface area is 43.4 Å². The fourth-order valence-corrected chi connectivity index (χ4v) is 0. The van der Waals surface area contributed by atoms with Gasteiger partial charge in [0.25, 0.3) is 0 Å². The van der Waals surface area contributed by atoms with Crippen LogP contribution in [0.4, 0.5) is 4.39 Å². The summed E-state index contributed by atoms with van der Waals surface area (Å²) >= 11 is 7.03. The fourth-order valence-electron chi connectivity index (χ4n) is 0. The van der Waals surface area contributed by atoms with Crippen LogP contribution in [-0.4, -0.2) is 4.04 Å². The van der Waals surface area contributed by atoms with E-state index in [9.17, 15) is 4.39 Å². The molecular weight excluding hydrogens is 158 g/mol. The summed E-state index contributed by atoms with van der Waals surface area (Å²) in [7, 11) is 0. The standard InChI is InChI=1S/C2H2BrClF/c1-2(3,4)5/h1H2.